The molecule has 1 unspecified atom stereocenters. The molecule has 5 rings (SSSR count). The summed E-state index contributed by atoms with van der Waals surface area (Å²) >= 11 is 0. The van der Waals surface area contributed by atoms with Crippen LogP contribution >= 0.6 is 0 Å². The fourth-order valence-corrected chi connectivity index (χ4v) is 4.81. The first-order valence-corrected chi connectivity index (χ1v) is 12.9. The fourth-order valence-electron chi connectivity index (χ4n) is 4.81. The summed E-state index contributed by atoms with van der Waals surface area (Å²) in [6.45, 7) is 1.90. The van der Waals surface area contributed by atoms with Crippen molar-refractivity contribution in [3.8, 4) is 16.9 Å². The molecule has 0 radical (unpaired) electrons. The lowest BCUT2D eigenvalue weighted by molar-refractivity contribution is -0.137. The SMILES string of the molecule is CO[C@@H](c1ccccc1)c1cc(-c2ccc3c(=O)n(-c4ccc(F)cc4)c(C(C)CCCC(=O)O)nc3c2)no1. The number of methoxy groups -OCH3 is 1. The molecule has 0 bridgehead atoms. The number of benzene rings is 3. The lowest BCUT2D eigenvalue weighted by Gasteiger charge is -2.18. The number of hydrogen-bond donors (Lipinski definition) is 1. The molecule has 0 aliphatic carbocycles. The second-order valence-electron chi connectivity index (χ2n) is 9.65. The molecule has 2 atom stereocenters. The van der Waals surface area contributed by atoms with Crippen LogP contribution in [0.25, 0.3) is 27.8 Å². The molecular weight excluding hydrogens is 513 g/mol. The van der Waals surface area contributed by atoms with Crippen molar-refractivity contribution >= 4 is 16.9 Å². The van der Waals surface area contributed by atoms with Crippen molar-refractivity contribution in [2.24, 2.45) is 0 Å². The highest BCUT2D eigenvalue weighted by atomic mass is 19.1. The van der Waals surface area contributed by atoms with Crippen LogP contribution in [0.15, 0.2) is 88.2 Å². The summed E-state index contributed by atoms with van der Waals surface area (Å²) in [5, 5.41) is 13.7. The average Bonchev–Trinajstić information content (AvgIpc) is 3.44. The highest BCUT2D eigenvalue weighted by Crippen LogP contribution is 2.31. The van der Waals surface area contributed by atoms with Gasteiger partial charge in [0.25, 0.3) is 5.56 Å². The first-order valence-electron chi connectivity index (χ1n) is 12.9. The van der Waals surface area contributed by atoms with Gasteiger partial charge in [-0.2, -0.15) is 0 Å². The third-order valence-electron chi connectivity index (χ3n) is 6.87. The Bertz CT molecular complexity index is 1700. The van der Waals surface area contributed by atoms with Crippen molar-refractivity contribution in [3.05, 3.63) is 112 Å². The zero-order chi connectivity index (χ0) is 28.2. The number of carboxylic acid groups (broad SMARTS) is 1. The fraction of sp³-hybridized carbons (Fsp3) is 0.226. The van der Waals surface area contributed by atoms with Gasteiger partial charge in [0.05, 0.1) is 16.6 Å². The molecular formula is C31H28FN3O5. The normalized spacial score (nSPS) is 12.9. The van der Waals surface area contributed by atoms with Crippen LogP contribution in [0.1, 0.15) is 55.4 Å². The number of nitrogens with zero attached hydrogens (tertiary/aromatic N) is 3. The Morgan fingerprint density at radius 3 is 2.52 bits per heavy atom. The first-order chi connectivity index (χ1) is 19.4. The van der Waals surface area contributed by atoms with E-state index in [1.807, 2.05) is 37.3 Å². The maximum Gasteiger partial charge on any atom is 0.303 e. The third-order valence-corrected chi connectivity index (χ3v) is 6.87. The van der Waals surface area contributed by atoms with E-state index in [0.717, 1.165) is 5.56 Å². The Morgan fingerprint density at radius 1 is 1.07 bits per heavy atom. The largest absolute Gasteiger partial charge is 0.481 e. The van der Waals surface area contributed by atoms with Gasteiger partial charge in [0.1, 0.15) is 23.4 Å². The molecule has 2 heterocycles. The Labute approximate surface area is 229 Å². The summed E-state index contributed by atoms with van der Waals surface area (Å²) in [4.78, 5) is 29.7. The summed E-state index contributed by atoms with van der Waals surface area (Å²) < 4.78 is 26.4. The predicted octanol–water partition coefficient (Wildman–Crippen LogP) is 6.27. The van der Waals surface area contributed by atoms with Gasteiger partial charge in [-0.05, 0) is 54.8 Å². The van der Waals surface area contributed by atoms with Crippen molar-refractivity contribution in [1.82, 2.24) is 14.7 Å². The van der Waals surface area contributed by atoms with Crippen LogP contribution in [-0.2, 0) is 9.53 Å². The zero-order valence-corrected chi connectivity index (χ0v) is 22.1. The second-order valence-corrected chi connectivity index (χ2v) is 9.65. The van der Waals surface area contributed by atoms with Crippen molar-refractivity contribution in [2.75, 3.05) is 7.11 Å². The summed E-state index contributed by atoms with van der Waals surface area (Å²) in [5.41, 5.74) is 2.86. The number of aliphatic carboxylic acids is 1. The van der Waals surface area contributed by atoms with Crippen LogP contribution in [0.3, 0.4) is 0 Å². The number of halogens is 1. The molecule has 2 aromatic heterocycles. The van der Waals surface area contributed by atoms with Gasteiger partial charge in [0.15, 0.2) is 5.76 Å². The molecule has 9 heteroatoms. The summed E-state index contributed by atoms with van der Waals surface area (Å²) in [7, 11) is 1.60. The number of aromatic nitrogens is 3. The molecule has 0 aliphatic heterocycles. The van der Waals surface area contributed by atoms with E-state index in [4.69, 9.17) is 19.4 Å². The van der Waals surface area contributed by atoms with Gasteiger partial charge in [0, 0.05) is 31.1 Å². The molecule has 0 saturated heterocycles. The van der Waals surface area contributed by atoms with Crippen molar-refractivity contribution in [2.45, 2.75) is 38.2 Å². The monoisotopic (exact) mass is 541 g/mol. The second kappa shape index (κ2) is 11.6. The minimum absolute atomic E-state index is 0.0167. The molecule has 3 aromatic carbocycles. The Kier molecular flexibility index (Phi) is 7.84. The number of fused-ring (bicyclic) bond motifs is 1. The van der Waals surface area contributed by atoms with Crippen LogP contribution in [0, 0.1) is 5.82 Å². The molecule has 8 nitrogen and oxygen atoms in total. The van der Waals surface area contributed by atoms with E-state index in [1.165, 1.54) is 28.8 Å². The van der Waals surface area contributed by atoms with E-state index < -0.39 is 17.9 Å². The van der Waals surface area contributed by atoms with Crippen LogP contribution in [-0.4, -0.2) is 32.9 Å². The van der Waals surface area contributed by atoms with E-state index in [1.54, 1.807) is 31.4 Å². The molecule has 0 spiro atoms. The van der Waals surface area contributed by atoms with E-state index in [9.17, 15) is 14.0 Å². The average molecular weight is 542 g/mol. The lowest BCUT2D eigenvalue weighted by Crippen LogP contribution is -2.25. The number of ether oxygens (including phenoxy) is 1. The molecule has 0 saturated carbocycles. The summed E-state index contributed by atoms with van der Waals surface area (Å²) in [5.74, 6) is -0.528. The van der Waals surface area contributed by atoms with Crippen molar-refractivity contribution in [1.29, 1.82) is 0 Å². The molecule has 0 fully saturated rings. The predicted molar refractivity (Wildman–Crippen MR) is 148 cm³/mol. The standard InChI is InChI=1S/C31H28FN3O5/c1-19(7-6-10-28(36)37)30-33-26-17-21(11-16-24(26)31(38)35(30)23-14-12-22(32)13-15-23)25-18-27(40-34-25)29(39-2)20-8-4-3-5-9-20/h3-5,8-9,11-19,29H,6-7,10H2,1-2H3,(H,36,37)/t19?,29-/m0/s1. The smallest absolute Gasteiger partial charge is 0.303 e. The van der Waals surface area contributed by atoms with Gasteiger partial charge < -0.3 is 14.4 Å². The minimum atomic E-state index is -0.880. The van der Waals surface area contributed by atoms with Gasteiger partial charge >= 0.3 is 5.97 Å². The number of carboxylic acids is 1. The number of rotatable bonds is 10. The Morgan fingerprint density at radius 2 is 1.82 bits per heavy atom. The third kappa shape index (κ3) is 5.55. The van der Waals surface area contributed by atoms with Gasteiger partial charge in [0.2, 0.25) is 0 Å². The molecule has 1 N–H and O–H groups in total. The van der Waals surface area contributed by atoms with Crippen LogP contribution in [0.4, 0.5) is 4.39 Å². The molecule has 5 aromatic rings. The molecule has 0 amide bonds. The van der Waals surface area contributed by atoms with E-state index in [-0.39, 0.29) is 17.9 Å². The van der Waals surface area contributed by atoms with Crippen LogP contribution < -0.4 is 5.56 Å². The Hall–Kier alpha value is -4.63. The maximum atomic E-state index is 13.7. The Balaban J connectivity index is 1.57. The number of hydrogen-bond acceptors (Lipinski definition) is 6. The summed E-state index contributed by atoms with van der Waals surface area (Å²) in [6.07, 6.45) is 0.526. The van der Waals surface area contributed by atoms with Crippen molar-refractivity contribution in [3.63, 3.8) is 0 Å². The molecule has 0 aliphatic rings. The highest BCUT2D eigenvalue weighted by Gasteiger charge is 2.21. The minimum Gasteiger partial charge on any atom is -0.481 e. The topological polar surface area (TPSA) is 107 Å². The van der Waals surface area contributed by atoms with Crippen LogP contribution in [0.5, 0.6) is 0 Å². The maximum absolute atomic E-state index is 13.7. The van der Waals surface area contributed by atoms with Gasteiger partial charge in [-0.3, -0.25) is 14.2 Å². The van der Waals surface area contributed by atoms with E-state index in [0.29, 0.717) is 52.3 Å². The van der Waals surface area contributed by atoms with Crippen LogP contribution in [0.2, 0.25) is 0 Å². The van der Waals surface area contributed by atoms with Gasteiger partial charge in [-0.25, -0.2) is 9.37 Å². The first kappa shape index (κ1) is 27.0. The van der Waals surface area contributed by atoms with Crippen molar-refractivity contribution < 1.29 is 23.6 Å². The molecule has 204 valence electrons. The number of carbonyl (C=O) groups is 1. The quantitative estimate of drug-likeness (QED) is 0.222. The molecule has 40 heavy (non-hydrogen) atoms. The van der Waals surface area contributed by atoms with Gasteiger partial charge in [-0.15, -0.1) is 0 Å². The highest BCUT2D eigenvalue weighted by molar-refractivity contribution is 5.83. The van der Waals surface area contributed by atoms with Gasteiger partial charge in [-0.1, -0.05) is 48.5 Å². The van der Waals surface area contributed by atoms with E-state index in [2.05, 4.69) is 5.16 Å². The summed E-state index contributed by atoms with van der Waals surface area (Å²) in [6, 6.07) is 22.4. The van der Waals surface area contributed by atoms with E-state index >= 15 is 0 Å². The lowest BCUT2D eigenvalue weighted by atomic mass is 10.0. The zero-order valence-electron chi connectivity index (χ0n) is 22.1.